The molecular weight excluding hydrogens is 217 g/mol. The van der Waals surface area contributed by atoms with Crippen LogP contribution in [0.1, 0.15) is 33.1 Å². The van der Waals surface area contributed by atoms with Gasteiger partial charge in [0.05, 0.1) is 6.54 Å². The van der Waals surface area contributed by atoms with Crippen LogP contribution in [0.15, 0.2) is 0 Å². The molecule has 16 heavy (non-hydrogen) atoms. The summed E-state index contributed by atoms with van der Waals surface area (Å²) in [5.74, 6) is 0.398. The van der Waals surface area contributed by atoms with Gasteiger partial charge in [0, 0.05) is 0 Å². The highest BCUT2D eigenvalue weighted by atomic mass is 19.4. The first kappa shape index (κ1) is 15.7. The van der Waals surface area contributed by atoms with Gasteiger partial charge >= 0.3 is 6.18 Å². The topological polar surface area (TPSA) is 29.3 Å². The van der Waals surface area contributed by atoms with Crippen LogP contribution in [0.2, 0.25) is 0 Å². The van der Waals surface area contributed by atoms with Crippen LogP contribution in [-0.4, -0.2) is 37.3 Å². The van der Waals surface area contributed by atoms with Crippen LogP contribution >= 0.6 is 0 Å². The molecule has 0 amide bonds. The Hall–Kier alpha value is -0.290. The molecule has 0 saturated heterocycles. The van der Waals surface area contributed by atoms with Crippen molar-refractivity contribution in [1.82, 2.24) is 4.90 Å². The van der Waals surface area contributed by atoms with Gasteiger partial charge in [-0.1, -0.05) is 13.8 Å². The Kier molecular flexibility index (Phi) is 7.76. The van der Waals surface area contributed by atoms with Gasteiger partial charge in [0.15, 0.2) is 0 Å². The summed E-state index contributed by atoms with van der Waals surface area (Å²) in [6, 6.07) is 0. The summed E-state index contributed by atoms with van der Waals surface area (Å²) in [6.45, 7) is 4.75. The van der Waals surface area contributed by atoms with Gasteiger partial charge in [-0.3, -0.25) is 4.90 Å². The van der Waals surface area contributed by atoms with Crippen molar-refractivity contribution < 1.29 is 13.2 Å². The van der Waals surface area contributed by atoms with Crippen molar-refractivity contribution in [2.75, 3.05) is 26.2 Å². The quantitative estimate of drug-likeness (QED) is 0.706. The molecule has 2 N–H and O–H groups in total. The predicted octanol–water partition coefficient (Wildman–Crippen LogP) is 2.64. The molecule has 0 aromatic carbocycles. The van der Waals surface area contributed by atoms with Crippen LogP contribution < -0.4 is 5.73 Å². The number of alkyl halides is 3. The number of halogens is 3. The lowest BCUT2D eigenvalue weighted by molar-refractivity contribution is -0.146. The van der Waals surface area contributed by atoms with E-state index in [1.54, 1.807) is 0 Å². The molecule has 0 aromatic heterocycles. The van der Waals surface area contributed by atoms with Crippen molar-refractivity contribution in [2.45, 2.75) is 39.3 Å². The number of rotatable bonds is 8. The molecular formula is C11H23F3N2. The Morgan fingerprint density at radius 3 is 2.31 bits per heavy atom. The minimum atomic E-state index is -4.09. The van der Waals surface area contributed by atoms with Gasteiger partial charge in [-0.05, 0) is 44.8 Å². The largest absolute Gasteiger partial charge is 0.401 e. The standard InChI is InChI=1S/C11H23F3N2/c1-3-6-16(9-11(12,13)14)7-4-5-10(2)8-15/h10H,3-9,15H2,1-2H3. The maximum atomic E-state index is 12.2. The predicted molar refractivity (Wildman–Crippen MR) is 60.2 cm³/mol. The highest BCUT2D eigenvalue weighted by Gasteiger charge is 2.29. The lowest BCUT2D eigenvalue weighted by Crippen LogP contribution is -2.35. The molecule has 0 fully saturated rings. The highest BCUT2D eigenvalue weighted by molar-refractivity contribution is 4.64. The van der Waals surface area contributed by atoms with Gasteiger partial charge in [-0.15, -0.1) is 0 Å². The molecule has 0 heterocycles. The zero-order chi connectivity index (χ0) is 12.6. The number of nitrogens with two attached hydrogens (primary N) is 1. The molecule has 0 rings (SSSR count). The lowest BCUT2D eigenvalue weighted by Gasteiger charge is -2.23. The third-order valence-corrected chi connectivity index (χ3v) is 2.52. The summed E-state index contributed by atoms with van der Waals surface area (Å²) in [5, 5.41) is 0. The zero-order valence-corrected chi connectivity index (χ0v) is 10.2. The Balaban J connectivity index is 3.85. The van der Waals surface area contributed by atoms with E-state index >= 15 is 0 Å². The Morgan fingerprint density at radius 2 is 1.88 bits per heavy atom. The van der Waals surface area contributed by atoms with Crippen LogP contribution in [0.3, 0.4) is 0 Å². The lowest BCUT2D eigenvalue weighted by atomic mass is 10.1. The summed E-state index contributed by atoms with van der Waals surface area (Å²) >= 11 is 0. The van der Waals surface area contributed by atoms with Crippen molar-refractivity contribution in [1.29, 1.82) is 0 Å². The van der Waals surface area contributed by atoms with Crippen molar-refractivity contribution in [2.24, 2.45) is 11.7 Å². The van der Waals surface area contributed by atoms with E-state index in [4.69, 9.17) is 5.73 Å². The van der Waals surface area contributed by atoms with Crippen molar-refractivity contribution in [3.05, 3.63) is 0 Å². The van der Waals surface area contributed by atoms with Crippen LogP contribution in [0, 0.1) is 5.92 Å². The zero-order valence-electron chi connectivity index (χ0n) is 10.2. The van der Waals surface area contributed by atoms with Gasteiger partial charge < -0.3 is 5.73 Å². The molecule has 0 aliphatic heterocycles. The van der Waals surface area contributed by atoms with E-state index in [0.29, 0.717) is 25.6 Å². The second-order valence-corrected chi connectivity index (χ2v) is 4.37. The van der Waals surface area contributed by atoms with E-state index in [-0.39, 0.29) is 0 Å². The molecule has 0 saturated carbocycles. The fraction of sp³-hybridized carbons (Fsp3) is 1.00. The Morgan fingerprint density at radius 1 is 1.25 bits per heavy atom. The molecule has 1 unspecified atom stereocenters. The van der Waals surface area contributed by atoms with E-state index in [2.05, 4.69) is 0 Å². The third kappa shape index (κ3) is 8.97. The first-order valence-electron chi connectivity index (χ1n) is 5.88. The summed E-state index contributed by atoms with van der Waals surface area (Å²) in [5.41, 5.74) is 5.46. The van der Waals surface area contributed by atoms with E-state index < -0.39 is 12.7 Å². The van der Waals surface area contributed by atoms with Crippen LogP contribution in [0.5, 0.6) is 0 Å². The van der Waals surface area contributed by atoms with Crippen molar-refractivity contribution in [3.63, 3.8) is 0 Å². The molecule has 0 spiro atoms. The van der Waals surface area contributed by atoms with Crippen molar-refractivity contribution >= 4 is 0 Å². The first-order valence-corrected chi connectivity index (χ1v) is 5.88. The van der Waals surface area contributed by atoms with E-state index in [1.807, 2.05) is 13.8 Å². The maximum absolute atomic E-state index is 12.2. The second kappa shape index (κ2) is 7.90. The third-order valence-electron chi connectivity index (χ3n) is 2.52. The average molecular weight is 240 g/mol. The van der Waals surface area contributed by atoms with Crippen LogP contribution in [0.4, 0.5) is 13.2 Å². The number of nitrogens with zero attached hydrogens (tertiary/aromatic N) is 1. The van der Waals surface area contributed by atoms with Gasteiger partial charge in [0.1, 0.15) is 0 Å². The highest BCUT2D eigenvalue weighted by Crippen LogP contribution is 2.17. The fourth-order valence-electron chi connectivity index (χ4n) is 1.62. The summed E-state index contributed by atoms with van der Waals surface area (Å²) in [4.78, 5) is 1.48. The summed E-state index contributed by atoms with van der Waals surface area (Å²) < 4.78 is 36.7. The van der Waals surface area contributed by atoms with Gasteiger partial charge in [0.2, 0.25) is 0 Å². The fourth-order valence-corrected chi connectivity index (χ4v) is 1.62. The molecule has 2 nitrogen and oxygen atoms in total. The molecule has 0 bridgehead atoms. The molecule has 98 valence electrons. The number of hydrogen-bond acceptors (Lipinski definition) is 2. The van der Waals surface area contributed by atoms with Gasteiger partial charge in [-0.25, -0.2) is 0 Å². The van der Waals surface area contributed by atoms with Crippen molar-refractivity contribution in [3.8, 4) is 0 Å². The molecule has 0 aliphatic rings. The smallest absolute Gasteiger partial charge is 0.330 e. The van der Waals surface area contributed by atoms with E-state index in [0.717, 1.165) is 19.3 Å². The molecule has 1 atom stereocenters. The molecule has 0 radical (unpaired) electrons. The van der Waals surface area contributed by atoms with E-state index in [9.17, 15) is 13.2 Å². The Labute approximate surface area is 96.0 Å². The maximum Gasteiger partial charge on any atom is 0.401 e. The first-order chi connectivity index (χ1) is 7.39. The monoisotopic (exact) mass is 240 g/mol. The molecule has 0 aromatic rings. The minimum absolute atomic E-state index is 0.398. The molecule has 5 heteroatoms. The normalized spacial score (nSPS) is 14.4. The summed E-state index contributed by atoms with van der Waals surface area (Å²) in [6.07, 6.45) is -1.65. The second-order valence-electron chi connectivity index (χ2n) is 4.37. The van der Waals surface area contributed by atoms with Gasteiger partial charge in [0.25, 0.3) is 0 Å². The Bertz CT molecular complexity index is 171. The van der Waals surface area contributed by atoms with Gasteiger partial charge in [-0.2, -0.15) is 13.2 Å². The van der Waals surface area contributed by atoms with Crippen LogP contribution in [-0.2, 0) is 0 Å². The van der Waals surface area contributed by atoms with E-state index in [1.165, 1.54) is 4.90 Å². The van der Waals surface area contributed by atoms with Crippen LogP contribution in [0.25, 0.3) is 0 Å². The minimum Gasteiger partial charge on any atom is -0.330 e. The average Bonchev–Trinajstić information content (AvgIpc) is 2.15. The molecule has 0 aliphatic carbocycles. The SMILES string of the molecule is CCCN(CCCC(C)CN)CC(F)(F)F. The summed E-state index contributed by atoms with van der Waals surface area (Å²) in [7, 11) is 0. The number of hydrogen-bond donors (Lipinski definition) is 1.